The average molecular weight is 390 g/mol. The zero-order valence-corrected chi connectivity index (χ0v) is 16.1. The largest absolute Gasteiger partial charge is 0.457 e. The molecule has 2 aliphatic rings. The number of benzene rings is 2. The van der Waals surface area contributed by atoms with Crippen molar-refractivity contribution >= 4 is 23.4 Å². The van der Waals surface area contributed by atoms with Gasteiger partial charge in [-0.1, -0.05) is 30.4 Å². The molecule has 3 amide bonds. The zero-order chi connectivity index (χ0) is 20.4. The van der Waals surface area contributed by atoms with Crippen molar-refractivity contribution < 1.29 is 19.1 Å². The van der Waals surface area contributed by atoms with E-state index in [1.54, 1.807) is 31.2 Å². The highest BCUT2D eigenvalue weighted by atomic mass is 16.5. The molecule has 0 unspecified atom stereocenters. The highest BCUT2D eigenvalue weighted by Crippen LogP contribution is 2.36. The van der Waals surface area contributed by atoms with Gasteiger partial charge in [-0.3, -0.25) is 19.3 Å². The van der Waals surface area contributed by atoms with Gasteiger partial charge in [0, 0.05) is 5.69 Å². The summed E-state index contributed by atoms with van der Waals surface area (Å²) in [5.41, 5.74) is 0.570. The SMILES string of the molecule is C[C@@H](C(=O)Nc1ccc(Oc2ccccc2)cc1)N1C(=O)[C@@H]2CC=CC[C@H]2C1=O. The summed E-state index contributed by atoms with van der Waals surface area (Å²) >= 11 is 0. The Hall–Kier alpha value is -3.41. The van der Waals surface area contributed by atoms with Crippen molar-refractivity contribution in [2.75, 3.05) is 5.32 Å². The Kier molecular flexibility index (Phi) is 5.16. The van der Waals surface area contributed by atoms with Crippen LogP contribution in [0.4, 0.5) is 5.69 Å². The first-order chi connectivity index (χ1) is 14.0. The van der Waals surface area contributed by atoms with E-state index in [1.807, 2.05) is 42.5 Å². The molecule has 0 spiro atoms. The van der Waals surface area contributed by atoms with Crippen LogP contribution in [-0.4, -0.2) is 28.7 Å². The van der Waals surface area contributed by atoms with Crippen molar-refractivity contribution in [1.29, 1.82) is 0 Å². The first-order valence-electron chi connectivity index (χ1n) is 9.70. The number of ether oxygens (including phenoxy) is 1. The number of carbonyl (C=O) groups is 3. The number of hydrogen-bond acceptors (Lipinski definition) is 4. The Morgan fingerprint density at radius 3 is 2.07 bits per heavy atom. The zero-order valence-electron chi connectivity index (χ0n) is 16.1. The van der Waals surface area contributed by atoms with E-state index in [2.05, 4.69) is 5.32 Å². The van der Waals surface area contributed by atoms with Crippen LogP contribution in [-0.2, 0) is 14.4 Å². The van der Waals surface area contributed by atoms with Gasteiger partial charge in [-0.05, 0) is 56.2 Å². The summed E-state index contributed by atoms with van der Waals surface area (Å²) in [5.74, 6) is -0.203. The summed E-state index contributed by atoms with van der Waals surface area (Å²) in [6.07, 6.45) is 4.98. The third kappa shape index (κ3) is 3.78. The lowest BCUT2D eigenvalue weighted by molar-refractivity contribution is -0.146. The molecule has 1 saturated heterocycles. The number of imide groups is 1. The fourth-order valence-corrected chi connectivity index (χ4v) is 3.80. The van der Waals surface area contributed by atoms with E-state index in [9.17, 15) is 14.4 Å². The Morgan fingerprint density at radius 2 is 1.48 bits per heavy atom. The number of anilines is 1. The quantitative estimate of drug-likeness (QED) is 0.623. The topological polar surface area (TPSA) is 75.7 Å². The van der Waals surface area contributed by atoms with Gasteiger partial charge in [-0.2, -0.15) is 0 Å². The number of fused-ring (bicyclic) bond motifs is 1. The molecule has 6 nitrogen and oxygen atoms in total. The van der Waals surface area contributed by atoms with Gasteiger partial charge < -0.3 is 10.1 Å². The number of hydrogen-bond donors (Lipinski definition) is 1. The highest BCUT2D eigenvalue weighted by Gasteiger charge is 2.50. The third-order valence-electron chi connectivity index (χ3n) is 5.41. The minimum absolute atomic E-state index is 0.251. The lowest BCUT2D eigenvalue weighted by atomic mass is 9.85. The second kappa shape index (κ2) is 7.91. The minimum atomic E-state index is -0.860. The van der Waals surface area contributed by atoms with Gasteiger partial charge in [0.15, 0.2) is 0 Å². The molecular weight excluding hydrogens is 368 g/mol. The van der Waals surface area contributed by atoms with Crippen molar-refractivity contribution in [1.82, 2.24) is 4.90 Å². The monoisotopic (exact) mass is 390 g/mol. The summed E-state index contributed by atoms with van der Waals surface area (Å²) < 4.78 is 5.73. The van der Waals surface area contributed by atoms with Crippen molar-refractivity contribution in [2.45, 2.75) is 25.8 Å². The molecule has 1 N–H and O–H groups in total. The number of nitrogens with one attached hydrogen (secondary N) is 1. The molecule has 6 heteroatoms. The predicted molar refractivity (Wildman–Crippen MR) is 108 cm³/mol. The summed E-state index contributed by atoms with van der Waals surface area (Å²) in [6, 6.07) is 15.5. The maximum Gasteiger partial charge on any atom is 0.247 e. The minimum Gasteiger partial charge on any atom is -0.457 e. The molecule has 0 bridgehead atoms. The normalized spacial score (nSPS) is 21.6. The Morgan fingerprint density at radius 1 is 0.931 bits per heavy atom. The number of para-hydroxylation sites is 1. The van der Waals surface area contributed by atoms with Gasteiger partial charge in [-0.15, -0.1) is 0 Å². The van der Waals surface area contributed by atoms with Crippen LogP contribution in [0.25, 0.3) is 0 Å². The molecule has 1 aliphatic heterocycles. The lowest BCUT2D eigenvalue weighted by Gasteiger charge is -2.22. The van der Waals surface area contributed by atoms with Crippen LogP contribution in [0.3, 0.4) is 0 Å². The lowest BCUT2D eigenvalue weighted by Crippen LogP contribution is -2.46. The number of amides is 3. The molecule has 0 aromatic heterocycles. The molecule has 1 aliphatic carbocycles. The first-order valence-corrected chi connectivity index (χ1v) is 9.70. The summed E-state index contributed by atoms with van der Waals surface area (Å²) in [7, 11) is 0. The standard InChI is InChI=1S/C23H22N2O4/c1-15(25-22(27)19-9-5-6-10-20(19)23(25)28)21(26)24-16-11-13-18(14-12-16)29-17-7-3-2-4-8-17/h2-8,11-15,19-20H,9-10H2,1H3,(H,24,26)/t15-,19+,20+/m0/s1. The number of rotatable bonds is 5. The molecule has 3 atom stereocenters. The van der Waals surface area contributed by atoms with E-state index in [1.165, 1.54) is 0 Å². The molecule has 29 heavy (non-hydrogen) atoms. The van der Waals surface area contributed by atoms with E-state index in [0.717, 1.165) is 10.6 Å². The Labute approximate surface area is 169 Å². The Balaban J connectivity index is 1.40. The van der Waals surface area contributed by atoms with E-state index in [0.29, 0.717) is 24.3 Å². The first kappa shape index (κ1) is 18.9. The highest BCUT2D eigenvalue weighted by molar-refractivity contribution is 6.10. The van der Waals surface area contributed by atoms with Crippen molar-refractivity contribution in [2.24, 2.45) is 11.8 Å². The van der Waals surface area contributed by atoms with Gasteiger partial charge in [0.05, 0.1) is 11.8 Å². The van der Waals surface area contributed by atoms with E-state index in [4.69, 9.17) is 4.74 Å². The predicted octanol–water partition coefficient (Wildman–Crippen LogP) is 3.76. The van der Waals surface area contributed by atoms with Crippen molar-refractivity contribution in [3.63, 3.8) is 0 Å². The molecule has 0 radical (unpaired) electrons. The summed E-state index contributed by atoms with van der Waals surface area (Å²) in [5, 5.41) is 2.78. The summed E-state index contributed by atoms with van der Waals surface area (Å²) in [4.78, 5) is 39.1. The third-order valence-corrected chi connectivity index (χ3v) is 5.41. The number of carbonyl (C=O) groups excluding carboxylic acids is 3. The van der Waals surface area contributed by atoms with E-state index in [-0.39, 0.29) is 23.7 Å². The second-order valence-electron chi connectivity index (χ2n) is 7.31. The maximum absolute atomic E-state index is 12.7. The Bertz CT molecular complexity index is 927. The molecular formula is C23H22N2O4. The van der Waals surface area contributed by atoms with Gasteiger partial charge in [0.2, 0.25) is 17.7 Å². The van der Waals surface area contributed by atoms with Crippen LogP contribution >= 0.6 is 0 Å². The van der Waals surface area contributed by atoms with Crippen molar-refractivity contribution in [3.8, 4) is 11.5 Å². The van der Waals surface area contributed by atoms with Crippen molar-refractivity contribution in [3.05, 3.63) is 66.7 Å². The molecule has 148 valence electrons. The second-order valence-corrected chi connectivity index (χ2v) is 7.31. The van der Waals surface area contributed by atoms with Crippen LogP contribution in [0.2, 0.25) is 0 Å². The number of nitrogens with zero attached hydrogens (tertiary/aromatic N) is 1. The molecule has 2 aromatic carbocycles. The maximum atomic E-state index is 12.7. The van der Waals surface area contributed by atoms with E-state index < -0.39 is 11.9 Å². The van der Waals surface area contributed by atoms with Gasteiger partial charge >= 0.3 is 0 Å². The average Bonchev–Trinajstić information content (AvgIpc) is 3.00. The van der Waals surface area contributed by atoms with Gasteiger partial charge in [0.25, 0.3) is 0 Å². The van der Waals surface area contributed by atoms with Gasteiger partial charge in [-0.25, -0.2) is 0 Å². The van der Waals surface area contributed by atoms with Crippen LogP contribution < -0.4 is 10.1 Å². The van der Waals surface area contributed by atoms with Gasteiger partial charge in [0.1, 0.15) is 17.5 Å². The molecule has 0 saturated carbocycles. The van der Waals surface area contributed by atoms with Crippen LogP contribution in [0.15, 0.2) is 66.7 Å². The molecule has 2 aromatic rings. The fourth-order valence-electron chi connectivity index (χ4n) is 3.80. The van der Waals surface area contributed by atoms with E-state index >= 15 is 0 Å². The van der Waals surface area contributed by atoms with Crippen LogP contribution in [0.1, 0.15) is 19.8 Å². The molecule has 1 fully saturated rings. The molecule has 1 heterocycles. The number of allylic oxidation sites excluding steroid dienone is 2. The van der Waals surface area contributed by atoms with Crippen LogP contribution in [0, 0.1) is 11.8 Å². The smallest absolute Gasteiger partial charge is 0.247 e. The van der Waals surface area contributed by atoms with Crippen LogP contribution in [0.5, 0.6) is 11.5 Å². The summed E-state index contributed by atoms with van der Waals surface area (Å²) in [6.45, 7) is 1.59. The fraction of sp³-hybridized carbons (Fsp3) is 0.261. The molecule has 4 rings (SSSR count). The number of likely N-dealkylation sites (tertiary alicyclic amines) is 1.